The van der Waals surface area contributed by atoms with Crippen LogP contribution in [0.5, 0.6) is 0 Å². The van der Waals surface area contributed by atoms with Crippen molar-refractivity contribution >= 4 is 16.6 Å². The summed E-state index contributed by atoms with van der Waals surface area (Å²) in [6.07, 6.45) is 8.76. The molecular formula is C16H18N2O. The molecule has 2 N–H and O–H groups in total. The van der Waals surface area contributed by atoms with Crippen LogP contribution >= 0.6 is 0 Å². The van der Waals surface area contributed by atoms with Gasteiger partial charge in [0.05, 0.1) is 0 Å². The zero-order chi connectivity index (χ0) is 13.7. The molecule has 98 valence electrons. The van der Waals surface area contributed by atoms with Crippen LogP contribution in [0, 0.1) is 0 Å². The molecule has 1 aromatic carbocycles. The second-order valence-corrected chi connectivity index (χ2v) is 4.33. The number of rotatable bonds is 4. The molecule has 0 amide bonds. The number of benzene rings is 1. The predicted molar refractivity (Wildman–Crippen MR) is 81.8 cm³/mol. The monoisotopic (exact) mass is 254 g/mol. The van der Waals surface area contributed by atoms with Gasteiger partial charge in [0.1, 0.15) is 0 Å². The van der Waals surface area contributed by atoms with Crippen LogP contribution in [0.15, 0.2) is 53.4 Å². The van der Waals surface area contributed by atoms with Crippen molar-refractivity contribution in [2.75, 3.05) is 12.4 Å². The highest BCUT2D eigenvalue weighted by Crippen LogP contribution is 2.20. The van der Waals surface area contributed by atoms with Crippen LogP contribution in [0.25, 0.3) is 10.9 Å². The van der Waals surface area contributed by atoms with Gasteiger partial charge in [0.2, 0.25) is 5.56 Å². The third-order valence-electron chi connectivity index (χ3n) is 2.99. The molecule has 2 aromatic rings. The van der Waals surface area contributed by atoms with Crippen molar-refractivity contribution in [2.45, 2.75) is 13.3 Å². The average molecular weight is 254 g/mol. The van der Waals surface area contributed by atoms with E-state index in [9.17, 15) is 4.79 Å². The molecule has 0 bridgehead atoms. The average Bonchev–Trinajstić information content (AvgIpc) is 2.43. The smallest absolute Gasteiger partial charge is 0.248 e. The number of pyridine rings is 1. The molecule has 0 saturated carbocycles. The Bertz CT molecular complexity index is 681. The minimum absolute atomic E-state index is 0.0564. The second-order valence-electron chi connectivity index (χ2n) is 4.33. The molecule has 0 fully saturated rings. The number of hydrogen-bond acceptors (Lipinski definition) is 2. The maximum Gasteiger partial charge on any atom is 0.248 e. The third-order valence-corrected chi connectivity index (χ3v) is 2.99. The maximum atomic E-state index is 11.6. The minimum Gasteiger partial charge on any atom is -0.388 e. The van der Waals surface area contributed by atoms with E-state index in [1.165, 1.54) is 0 Å². The fourth-order valence-corrected chi connectivity index (χ4v) is 2.03. The molecule has 0 spiro atoms. The van der Waals surface area contributed by atoms with Gasteiger partial charge in [-0.05, 0) is 37.1 Å². The largest absolute Gasteiger partial charge is 0.388 e. The number of nitrogens with one attached hydrogen (secondary N) is 2. The number of H-pyrrole nitrogens is 1. The van der Waals surface area contributed by atoms with Crippen molar-refractivity contribution in [1.29, 1.82) is 0 Å². The first-order chi connectivity index (χ1) is 9.24. The van der Waals surface area contributed by atoms with E-state index in [1.54, 1.807) is 6.07 Å². The van der Waals surface area contributed by atoms with Crippen LogP contribution in [0.2, 0.25) is 0 Å². The van der Waals surface area contributed by atoms with Gasteiger partial charge in [-0.1, -0.05) is 24.3 Å². The van der Waals surface area contributed by atoms with Gasteiger partial charge in [-0.25, -0.2) is 0 Å². The summed E-state index contributed by atoms with van der Waals surface area (Å²) >= 11 is 0. The van der Waals surface area contributed by atoms with E-state index in [4.69, 9.17) is 0 Å². The first-order valence-electron chi connectivity index (χ1n) is 6.36. The zero-order valence-electron chi connectivity index (χ0n) is 11.2. The number of hydrogen-bond donors (Lipinski definition) is 2. The van der Waals surface area contributed by atoms with Crippen LogP contribution < -0.4 is 10.9 Å². The SMILES string of the molecule is C/C=C\C=C/Cc1cc(=O)[nH]c2ccc(NC)cc12. The van der Waals surface area contributed by atoms with Gasteiger partial charge in [0, 0.05) is 29.7 Å². The predicted octanol–water partition coefficient (Wildman–Crippen LogP) is 3.24. The topological polar surface area (TPSA) is 44.9 Å². The normalized spacial score (nSPS) is 11.7. The Balaban J connectivity index is 2.48. The molecule has 0 aliphatic heterocycles. The van der Waals surface area contributed by atoms with Crippen LogP contribution in [0.4, 0.5) is 5.69 Å². The lowest BCUT2D eigenvalue weighted by atomic mass is 10.1. The fraction of sp³-hybridized carbons (Fsp3) is 0.188. The van der Waals surface area contributed by atoms with Crippen molar-refractivity contribution in [3.8, 4) is 0 Å². The lowest BCUT2D eigenvalue weighted by Gasteiger charge is -2.06. The van der Waals surface area contributed by atoms with E-state index in [0.717, 1.165) is 28.6 Å². The van der Waals surface area contributed by atoms with E-state index in [1.807, 2.05) is 44.3 Å². The van der Waals surface area contributed by atoms with Gasteiger partial charge < -0.3 is 10.3 Å². The standard InChI is InChI=1S/C16H18N2O/c1-3-4-5-6-7-12-10-16(19)18-15-9-8-13(17-2)11-14(12)15/h3-6,8-11,17H,7H2,1-2H3,(H,18,19)/b4-3-,6-5-. The van der Waals surface area contributed by atoms with Crippen molar-refractivity contribution in [3.05, 3.63) is 64.5 Å². The Kier molecular flexibility index (Phi) is 4.18. The van der Waals surface area contributed by atoms with Crippen molar-refractivity contribution in [3.63, 3.8) is 0 Å². The van der Waals surface area contributed by atoms with Gasteiger partial charge in [-0.3, -0.25) is 4.79 Å². The molecule has 0 aliphatic carbocycles. The first-order valence-corrected chi connectivity index (χ1v) is 6.36. The van der Waals surface area contributed by atoms with Crippen LogP contribution in [-0.4, -0.2) is 12.0 Å². The highest BCUT2D eigenvalue weighted by Gasteiger charge is 2.03. The second kappa shape index (κ2) is 6.05. The van der Waals surface area contributed by atoms with Gasteiger partial charge in [-0.2, -0.15) is 0 Å². The fourth-order valence-electron chi connectivity index (χ4n) is 2.03. The number of allylic oxidation sites excluding steroid dienone is 4. The van der Waals surface area contributed by atoms with E-state index < -0.39 is 0 Å². The first kappa shape index (κ1) is 13.1. The molecule has 0 atom stereocenters. The van der Waals surface area contributed by atoms with Gasteiger partial charge in [0.15, 0.2) is 0 Å². The van der Waals surface area contributed by atoms with Crippen LogP contribution in [-0.2, 0) is 6.42 Å². The number of aromatic nitrogens is 1. The number of anilines is 1. The Labute approximate surface area is 112 Å². The van der Waals surface area contributed by atoms with E-state index in [0.29, 0.717) is 0 Å². The summed E-state index contributed by atoms with van der Waals surface area (Å²) in [5, 5.41) is 4.20. The molecule has 19 heavy (non-hydrogen) atoms. The quantitative estimate of drug-likeness (QED) is 0.823. The molecule has 1 heterocycles. The molecule has 2 rings (SSSR count). The highest BCUT2D eigenvalue weighted by atomic mass is 16.1. The molecule has 3 heteroatoms. The van der Waals surface area contributed by atoms with Crippen LogP contribution in [0.3, 0.4) is 0 Å². The van der Waals surface area contributed by atoms with E-state index in [-0.39, 0.29) is 5.56 Å². The van der Waals surface area contributed by atoms with Crippen LogP contribution in [0.1, 0.15) is 12.5 Å². The minimum atomic E-state index is -0.0564. The van der Waals surface area contributed by atoms with Crippen molar-refractivity contribution < 1.29 is 0 Å². The summed E-state index contributed by atoms with van der Waals surface area (Å²) in [6, 6.07) is 7.62. The summed E-state index contributed by atoms with van der Waals surface area (Å²) in [7, 11) is 1.89. The number of aromatic amines is 1. The van der Waals surface area contributed by atoms with E-state index >= 15 is 0 Å². The summed E-state index contributed by atoms with van der Waals surface area (Å²) in [5.74, 6) is 0. The molecule has 0 radical (unpaired) electrons. The van der Waals surface area contributed by atoms with Gasteiger partial charge in [-0.15, -0.1) is 0 Å². The molecule has 0 saturated heterocycles. The third kappa shape index (κ3) is 3.13. The molecule has 0 unspecified atom stereocenters. The lowest BCUT2D eigenvalue weighted by molar-refractivity contribution is 1.22. The Morgan fingerprint density at radius 1 is 1.26 bits per heavy atom. The highest BCUT2D eigenvalue weighted by molar-refractivity contribution is 5.85. The van der Waals surface area contributed by atoms with Crippen molar-refractivity contribution in [1.82, 2.24) is 4.98 Å². The summed E-state index contributed by atoms with van der Waals surface area (Å²) in [5.41, 5.74) is 2.90. The van der Waals surface area contributed by atoms with Gasteiger partial charge >= 0.3 is 0 Å². The Hall–Kier alpha value is -2.29. The Morgan fingerprint density at radius 2 is 2.11 bits per heavy atom. The molecule has 3 nitrogen and oxygen atoms in total. The molecular weight excluding hydrogens is 236 g/mol. The number of fused-ring (bicyclic) bond motifs is 1. The van der Waals surface area contributed by atoms with Crippen molar-refractivity contribution in [2.24, 2.45) is 0 Å². The summed E-state index contributed by atoms with van der Waals surface area (Å²) < 4.78 is 0. The summed E-state index contributed by atoms with van der Waals surface area (Å²) in [4.78, 5) is 14.5. The molecule has 0 aliphatic rings. The van der Waals surface area contributed by atoms with E-state index in [2.05, 4.69) is 22.4 Å². The summed E-state index contributed by atoms with van der Waals surface area (Å²) in [6.45, 7) is 1.98. The molecule has 1 aromatic heterocycles. The van der Waals surface area contributed by atoms with Gasteiger partial charge in [0.25, 0.3) is 0 Å². The lowest BCUT2D eigenvalue weighted by Crippen LogP contribution is -2.06. The maximum absolute atomic E-state index is 11.6. The zero-order valence-corrected chi connectivity index (χ0v) is 11.2. The Morgan fingerprint density at radius 3 is 2.84 bits per heavy atom.